The van der Waals surface area contributed by atoms with Crippen molar-refractivity contribution in [1.82, 2.24) is 0 Å². The third-order valence-electron chi connectivity index (χ3n) is 4.68. The second kappa shape index (κ2) is 5.40. The molecule has 0 spiro atoms. The summed E-state index contributed by atoms with van der Waals surface area (Å²) in [5, 5.41) is 9.45. The molecule has 2 atom stereocenters. The van der Waals surface area contributed by atoms with Gasteiger partial charge in [-0.2, -0.15) is 17.0 Å². The molecule has 0 N–H and O–H groups in total. The van der Waals surface area contributed by atoms with Crippen LogP contribution in [0.5, 0.6) is 0 Å². The van der Waals surface area contributed by atoms with E-state index in [1.807, 2.05) is 30.0 Å². The molecule has 2 aliphatic heterocycles. The first kappa shape index (κ1) is 13.8. The molecule has 4 heteroatoms. The molecule has 0 amide bonds. The molecular formula is C18H16N2OS. The summed E-state index contributed by atoms with van der Waals surface area (Å²) in [5.41, 5.74) is 4.93. The van der Waals surface area contributed by atoms with Gasteiger partial charge in [-0.05, 0) is 42.7 Å². The molecule has 1 saturated heterocycles. The number of aliphatic imine (C=N–C) groups is 1. The first-order chi connectivity index (χ1) is 10.8. The van der Waals surface area contributed by atoms with E-state index < -0.39 is 0 Å². The van der Waals surface area contributed by atoms with Crippen LogP contribution in [0.2, 0.25) is 0 Å². The molecule has 3 nitrogen and oxygen atoms in total. The van der Waals surface area contributed by atoms with Crippen LogP contribution in [0.15, 0.2) is 40.5 Å². The summed E-state index contributed by atoms with van der Waals surface area (Å²) in [5.74, 6) is 1.41. The van der Waals surface area contributed by atoms with Crippen LogP contribution in [0.3, 0.4) is 0 Å². The van der Waals surface area contributed by atoms with Crippen molar-refractivity contribution < 1.29 is 4.79 Å². The topological polar surface area (TPSA) is 53.2 Å². The number of benzene rings is 1. The molecule has 1 aliphatic carbocycles. The molecule has 2 heterocycles. The molecule has 110 valence electrons. The van der Waals surface area contributed by atoms with Gasteiger partial charge >= 0.3 is 0 Å². The Morgan fingerprint density at radius 2 is 2.18 bits per heavy atom. The number of rotatable bonds is 1. The number of hydrogen-bond acceptors (Lipinski definition) is 4. The van der Waals surface area contributed by atoms with Crippen LogP contribution in [0.4, 0.5) is 0 Å². The van der Waals surface area contributed by atoms with E-state index in [0.717, 1.165) is 41.8 Å². The lowest BCUT2D eigenvalue weighted by molar-refractivity contribution is -0.116. The largest absolute Gasteiger partial charge is 0.294 e. The highest BCUT2D eigenvalue weighted by molar-refractivity contribution is 8.01. The Morgan fingerprint density at radius 3 is 3.05 bits per heavy atom. The predicted molar refractivity (Wildman–Crippen MR) is 88.1 cm³/mol. The van der Waals surface area contributed by atoms with Gasteiger partial charge in [-0.3, -0.25) is 9.79 Å². The molecular weight excluding hydrogens is 292 g/mol. The number of allylic oxidation sites excluding steroid dienone is 2. The monoisotopic (exact) mass is 308 g/mol. The molecule has 0 saturated carbocycles. The third-order valence-corrected chi connectivity index (χ3v) is 6.02. The predicted octanol–water partition coefficient (Wildman–Crippen LogP) is 3.61. The standard InChI is InChI=1S/C18H16N2OS/c19-10-11-3-1-4-12(9-11)16-17-13(5-2-6-15(17)21)20-14-7-8-22-18(14)16/h1,3-4,9,16,18H,2,5-8H2. The maximum atomic E-state index is 12.6. The van der Waals surface area contributed by atoms with Crippen LogP contribution in [-0.4, -0.2) is 22.5 Å². The Morgan fingerprint density at radius 1 is 1.27 bits per heavy atom. The number of ketones is 1. The van der Waals surface area contributed by atoms with Crippen molar-refractivity contribution in [1.29, 1.82) is 5.26 Å². The zero-order chi connectivity index (χ0) is 15.1. The second-order valence-electron chi connectivity index (χ2n) is 6.00. The fourth-order valence-electron chi connectivity index (χ4n) is 3.72. The fraction of sp³-hybridized carbons (Fsp3) is 0.389. The number of hydrogen-bond donors (Lipinski definition) is 0. The number of nitrogens with zero attached hydrogens (tertiary/aromatic N) is 2. The van der Waals surface area contributed by atoms with Crippen LogP contribution in [-0.2, 0) is 4.79 Å². The Labute approximate surface area is 134 Å². The molecule has 1 fully saturated rings. The Bertz CT molecular complexity index is 757. The highest BCUT2D eigenvalue weighted by Crippen LogP contribution is 2.47. The lowest BCUT2D eigenvalue weighted by Gasteiger charge is -2.33. The van der Waals surface area contributed by atoms with Crippen LogP contribution in [0, 0.1) is 11.3 Å². The summed E-state index contributed by atoms with van der Waals surface area (Å²) in [7, 11) is 0. The summed E-state index contributed by atoms with van der Waals surface area (Å²) in [6.07, 6.45) is 3.48. The van der Waals surface area contributed by atoms with Crippen molar-refractivity contribution in [2.75, 3.05) is 5.75 Å². The van der Waals surface area contributed by atoms with E-state index in [2.05, 4.69) is 12.1 Å². The van der Waals surface area contributed by atoms with E-state index in [-0.39, 0.29) is 17.0 Å². The normalized spacial score (nSPS) is 27.0. The Hall–Kier alpha value is -1.86. The number of carbonyl (C=O) groups is 1. The molecule has 2 unspecified atom stereocenters. The number of carbonyl (C=O) groups excluding carboxylic acids is 1. The van der Waals surface area contributed by atoms with Gasteiger partial charge in [0.15, 0.2) is 5.78 Å². The van der Waals surface area contributed by atoms with Crippen molar-refractivity contribution in [3.8, 4) is 6.07 Å². The SMILES string of the molecule is N#Cc1cccc(C2C3=C(CCCC3=O)N=C3CCSC32)c1. The van der Waals surface area contributed by atoms with E-state index in [4.69, 9.17) is 4.99 Å². The molecule has 0 aromatic heterocycles. The van der Waals surface area contributed by atoms with Gasteiger partial charge in [0.05, 0.1) is 16.9 Å². The van der Waals surface area contributed by atoms with E-state index in [1.54, 1.807) is 0 Å². The molecule has 1 aromatic rings. The molecule has 1 aromatic carbocycles. The molecule has 4 rings (SSSR count). The summed E-state index contributed by atoms with van der Waals surface area (Å²) in [6, 6.07) is 9.95. The quantitative estimate of drug-likeness (QED) is 0.796. The van der Waals surface area contributed by atoms with Crippen molar-refractivity contribution in [3.63, 3.8) is 0 Å². The second-order valence-corrected chi connectivity index (χ2v) is 7.25. The maximum absolute atomic E-state index is 12.6. The summed E-state index contributed by atoms with van der Waals surface area (Å²) in [6.45, 7) is 0. The molecule has 0 bridgehead atoms. The maximum Gasteiger partial charge on any atom is 0.161 e. The lowest BCUT2D eigenvalue weighted by atomic mass is 9.77. The minimum absolute atomic E-state index is 0.0797. The lowest BCUT2D eigenvalue weighted by Crippen LogP contribution is -2.32. The fourth-order valence-corrected chi connectivity index (χ4v) is 5.15. The van der Waals surface area contributed by atoms with Gasteiger partial charge in [-0.1, -0.05) is 12.1 Å². The Balaban J connectivity index is 1.87. The molecule has 3 aliphatic rings. The van der Waals surface area contributed by atoms with Crippen molar-refractivity contribution in [2.45, 2.75) is 36.9 Å². The van der Waals surface area contributed by atoms with Gasteiger partial charge < -0.3 is 0 Å². The van der Waals surface area contributed by atoms with Crippen molar-refractivity contribution in [3.05, 3.63) is 46.7 Å². The summed E-state index contributed by atoms with van der Waals surface area (Å²) < 4.78 is 0. The van der Waals surface area contributed by atoms with Gasteiger partial charge in [0.25, 0.3) is 0 Å². The van der Waals surface area contributed by atoms with Crippen LogP contribution in [0.25, 0.3) is 0 Å². The minimum atomic E-state index is 0.0797. The van der Waals surface area contributed by atoms with Crippen molar-refractivity contribution in [2.24, 2.45) is 4.99 Å². The highest BCUT2D eigenvalue weighted by atomic mass is 32.2. The first-order valence-electron chi connectivity index (χ1n) is 7.73. The zero-order valence-corrected chi connectivity index (χ0v) is 13.0. The van der Waals surface area contributed by atoms with Gasteiger partial charge in [0.2, 0.25) is 0 Å². The number of nitriles is 1. The highest BCUT2D eigenvalue weighted by Gasteiger charge is 2.42. The van der Waals surface area contributed by atoms with E-state index >= 15 is 0 Å². The van der Waals surface area contributed by atoms with Gasteiger partial charge in [0, 0.05) is 29.3 Å². The van der Waals surface area contributed by atoms with E-state index in [9.17, 15) is 10.1 Å². The molecule has 22 heavy (non-hydrogen) atoms. The summed E-state index contributed by atoms with van der Waals surface area (Å²) >= 11 is 1.90. The zero-order valence-electron chi connectivity index (χ0n) is 12.2. The first-order valence-corrected chi connectivity index (χ1v) is 8.78. The van der Waals surface area contributed by atoms with Gasteiger partial charge in [-0.25, -0.2) is 0 Å². The van der Waals surface area contributed by atoms with Crippen molar-refractivity contribution >= 4 is 23.3 Å². The van der Waals surface area contributed by atoms with Crippen LogP contribution < -0.4 is 0 Å². The number of Topliss-reactive ketones (excluding diaryl/α,β-unsaturated/α-hetero) is 1. The minimum Gasteiger partial charge on any atom is -0.294 e. The average molecular weight is 308 g/mol. The average Bonchev–Trinajstić information content (AvgIpc) is 3.01. The third kappa shape index (κ3) is 2.12. The number of thioether (sulfide) groups is 1. The molecule has 0 radical (unpaired) electrons. The van der Waals surface area contributed by atoms with Crippen LogP contribution in [0.1, 0.15) is 42.7 Å². The number of fused-ring (bicyclic) bond motifs is 1. The van der Waals surface area contributed by atoms with E-state index in [0.29, 0.717) is 12.0 Å². The van der Waals surface area contributed by atoms with Gasteiger partial charge in [0.1, 0.15) is 0 Å². The van der Waals surface area contributed by atoms with Crippen LogP contribution >= 0.6 is 11.8 Å². The smallest absolute Gasteiger partial charge is 0.161 e. The van der Waals surface area contributed by atoms with Gasteiger partial charge in [-0.15, -0.1) is 0 Å². The summed E-state index contributed by atoms with van der Waals surface area (Å²) in [4.78, 5) is 17.4. The van der Waals surface area contributed by atoms with E-state index in [1.165, 1.54) is 5.71 Å². The Kier molecular flexibility index (Phi) is 3.38.